The van der Waals surface area contributed by atoms with Gasteiger partial charge in [0.2, 0.25) is 13.4 Å². The largest absolute Gasteiger partial charge is 0.242 e. The lowest BCUT2D eigenvalue weighted by atomic mass is 9.31. The van der Waals surface area contributed by atoms with E-state index in [4.69, 9.17) is 0 Å². The molecule has 0 unspecified atom stereocenters. The standard InChI is InChI=1S/C39H38B2/c1-23-8-13-36-30(17-23)21-31-18-24(2)14-27(5)37(31)40(36)34-9-11-35(12-10-34)41-38-28(6)15-25(3)19-32(38)22-33-20-26(4)16-29(7)39(33)41/h8-20H,21-22H2,1-7H3. The minimum Gasteiger partial charge on any atom is -0.0687 e. The van der Waals surface area contributed by atoms with Crippen LogP contribution < -0.4 is 32.8 Å². The third kappa shape index (κ3) is 4.31. The Hall–Kier alpha value is -3.77. The summed E-state index contributed by atoms with van der Waals surface area (Å²) in [4.78, 5) is 0. The molecule has 5 aromatic carbocycles. The van der Waals surface area contributed by atoms with Crippen molar-refractivity contribution in [2.24, 2.45) is 0 Å². The van der Waals surface area contributed by atoms with Gasteiger partial charge in [0.15, 0.2) is 0 Å². The summed E-state index contributed by atoms with van der Waals surface area (Å²) in [5.41, 5.74) is 24.4. The first-order chi connectivity index (χ1) is 19.7. The monoisotopic (exact) mass is 528 g/mol. The van der Waals surface area contributed by atoms with Crippen LogP contribution in [-0.4, -0.2) is 13.4 Å². The Bertz CT molecular complexity index is 1800. The zero-order valence-electron chi connectivity index (χ0n) is 25.6. The summed E-state index contributed by atoms with van der Waals surface area (Å²) in [6.45, 7) is 16.4. The molecule has 0 nitrogen and oxygen atoms in total. The molecule has 0 amide bonds. The van der Waals surface area contributed by atoms with E-state index in [2.05, 4.69) is 127 Å². The van der Waals surface area contributed by atoms with E-state index < -0.39 is 0 Å². The lowest BCUT2D eigenvalue weighted by molar-refractivity contribution is 1.16. The molecular formula is C39H38B2. The lowest BCUT2D eigenvalue weighted by Gasteiger charge is -2.32. The van der Waals surface area contributed by atoms with Crippen LogP contribution in [0.25, 0.3) is 0 Å². The predicted octanol–water partition coefficient (Wildman–Crippen LogP) is 4.69. The zero-order chi connectivity index (χ0) is 28.6. The van der Waals surface area contributed by atoms with Gasteiger partial charge in [0.1, 0.15) is 0 Å². The normalized spacial score (nSPS) is 13.4. The van der Waals surface area contributed by atoms with Crippen LogP contribution in [0.1, 0.15) is 61.2 Å². The molecule has 0 saturated heterocycles. The fourth-order valence-electron chi connectivity index (χ4n) is 8.32. The van der Waals surface area contributed by atoms with Crippen molar-refractivity contribution in [1.82, 2.24) is 0 Å². The number of fused-ring (bicyclic) bond motifs is 4. The number of rotatable bonds is 2. The summed E-state index contributed by atoms with van der Waals surface area (Å²) in [5, 5.41) is 0. The number of hydrogen-bond donors (Lipinski definition) is 0. The van der Waals surface area contributed by atoms with Crippen LogP contribution in [0.5, 0.6) is 0 Å². The van der Waals surface area contributed by atoms with Crippen LogP contribution >= 0.6 is 0 Å². The minimum absolute atomic E-state index is 0.266. The van der Waals surface area contributed by atoms with Gasteiger partial charge in [-0.05, 0) is 83.6 Å². The fraction of sp³-hybridized carbons (Fsp3) is 0.231. The topological polar surface area (TPSA) is 0 Å². The van der Waals surface area contributed by atoms with Crippen molar-refractivity contribution in [2.45, 2.75) is 61.3 Å². The lowest BCUT2D eigenvalue weighted by Crippen LogP contribution is -2.60. The highest BCUT2D eigenvalue weighted by Crippen LogP contribution is 2.22. The second kappa shape index (κ2) is 9.66. The summed E-state index contributed by atoms with van der Waals surface area (Å²) in [6, 6.07) is 31.2. The highest BCUT2D eigenvalue weighted by molar-refractivity contribution is 6.98. The second-order valence-corrected chi connectivity index (χ2v) is 13.1. The van der Waals surface area contributed by atoms with Gasteiger partial charge in [-0.1, -0.05) is 151 Å². The van der Waals surface area contributed by atoms with E-state index >= 15 is 0 Å². The van der Waals surface area contributed by atoms with Crippen LogP contribution in [-0.2, 0) is 12.8 Å². The summed E-state index contributed by atoms with van der Waals surface area (Å²) >= 11 is 0. The van der Waals surface area contributed by atoms with E-state index in [0.717, 1.165) is 12.8 Å². The molecule has 0 spiro atoms. The van der Waals surface area contributed by atoms with Gasteiger partial charge < -0.3 is 0 Å². The molecular weight excluding hydrogens is 490 g/mol. The van der Waals surface area contributed by atoms with E-state index in [1.807, 2.05) is 0 Å². The molecule has 0 aromatic heterocycles. The summed E-state index contributed by atoms with van der Waals surface area (Å²) < 4.78 is 0. The van der Waals surface area contributed by atoms with E-state index in [1.165, 1.54) is 94.0 Å². The molecule has 2 aliphatic rings. The fourth-order valence-corrected chi connectivity index (χ4v) is 8.32. The Kier molecular flexibility index (Phi) is 6.16. The molecule has 0 saturated carbocycles. The van der Waals surface area contributed by atoms with Gasteiger partial charge in [-0.2, -0.15) is 0 Å². The third-order valence-electron chi connectivity index (χ3n) is 9.69. The number of aryl methyl sites for hydroxylation is 7. The van der Waals surface area contributed by atoms with Crippen LogP contribution in [0.4, 0.5) is 0 Å². The first-order valence-electron chi connectivity index (χ1n) is 15.2. The quantitative estimate of drug-likeness (QED) is 0.286. The molecule has 2 heteroatoms. The molecule has 0 N–H and O–H groups in total. The maximum absolute atomic E-state index is 2.43. The van der Waals surface area contributed by atoms with Crippen LogP contribution in [0.3, 0.4) is 0 Å². The average molecular weight is 528 g/mol. The van der Waals surface area contributed by atoms with Gasteiger partial charge in [-0.15, -0.1) is 0 Å². The molecule has 5 aromatic rings. The van der Waals surface area contributed by atoms with Crippen LogP contribution in [0, 0.1) is 48.5 Å². The Balaban J connectivity index is 1.40. The van der Waals surface area contributed by atoms with Crippen molar-refractivity contribution in [3.63, 3.8) is 0 Å². The molecule has 2 heterocycles. The Morgan fingerprint density at radius 3 is 1.27 bits per heavy atom. The van der Waals surface area contributed by atoms with Crippen molar-refractivity contribution in [1.29, 1.82) is 0 Å². The molecule has 41 heavy (non-hydrogen) atoms. The first kappa shape index (κ1) is 26.1. The highest BCUT2D eigenvalue weighted by Gasteiger charge is 2.35. The van der Waals surface area contributed by atoms with Gasteiger partial charge in [0.25, 0.3) is 0 Å². The Morgan fingerprint density at radius 2 is 0.780 bits per heavy atom. The maximum Gasteiger partial charge on any atom is 0.242 e. The van der Waals surface area contributed by atoms with Gasteiger partial charge in [-0.3, -0.25) is 0 Å². The van der Waals surface area contributed by atoms with Crippen molar-refractivity contribution in [3.8, 4) is 0 Å². The minimum atomic E-state index is 0.266. The predicted molar refractivity (Wildman–Crippen MR) is 180 cm³/mol. The Morgan fingerprint density at radius 1 is 0.390 bits per heavy atom. The molecule has 0 atom stereocenters. The van der Waals surface area contributed by atoms with Crippen molar-refractivity contribution in [2.75, 3.05) is 0 Å². The van der Waals surface area contributed by atoms with E-state index in [1.54, 1.807) is 0 Å². The van der Waals surface area contributed by atoms with E-state index in [9.17, 15) is 0 Å². The number of hydrogen-bond acceptors (Lipinski definition) is 0. The van der Waals surface area contributed by atoms with Gasteiger partial charge in [-0.25, -0.2) is 0 Å². The molecule has 0 aliphatic carbocycles. The molecule has 0 bridgehead atoms. The average Bonchev–Trinajstić information content (AvgIpc) is 2.90. The second-order valence-electron chi connectivity index (χ2n) is 13.1. The van der Waals surface area contributed by atoms with Crippen LogP contribution in [0.2, 0.25) is 0 Å². The Labute approximate surface area is 247 Å². The van der Waals surface area contributed by atoms with E-state index in [-0.39, 0.29) is 13.4 Å². The van der Waals surface area contributed by atoms with Crippen molar-refractivity contribution in [3.05, 3.63) is 140 Å². The molecule has 0 fully saturated rings. The van der Waals surface area contributed by atoms with Gasteiger partial charge in [0, 0.05) is 0 Å². The SMILES string of the molecule is Cc1ccc2c(c1)Cc1cc(C)cc(C)c1B2c1ccc(B2c3c(C)cc(C)cc3Cc3cc(C)cc(C)c32)cc1. The van der Waals surface area contributed by atoms with Gasteiger partial charge >= 0.3 is 0 Å². The maximum atomic E-state index is 2.43. The van der Waals surface area contributed by atoms with Crippen LogP contribution in [0.15, 0.2) is 78.9 Å². The molecule has 2 aliphatic heterocycles. The highest BCUT2D eigenvalue weighted by atomic mass is 14.2. The van der Waals surface area contributed by atoms with E-state index in [0.29, 0.717) is 0 Å². The smallest absolute Gasteiger partial charge is 0.0687 e. The summed E-state index contributed by atoms with van der Waals surface area (Å²) in [7, 11) is 0. The molecule has 200 valence electrons. The third-order valence-corrected chi connectivity index (χ3v) is 9.69. The molecule has 7 rings (SSSR count). The summed E-state index contributed by atoms with van der Waals surface area (Å²) in [5.74, 6) is 0. The van der Waals surface area contributed by atoms with Gasteiger partial charge in [0.05, 0.1) is 0 Å². The molecule has 0 radical (unpaired) electrons. The van der Waals surface area contributed by atoms with Crippen molar-refractivity contribution >= 4 is 46.2 Å². The summed E-state index contributed by atoms with van der Waals surface area (Å²) in [6.07, 6.45) is 2.05. The number of benzene rings is 5. The zero-order valence-corrected chi connectivity index (χ0v) is 25.6. The van der Waals surface area contributed by atoms with Crippen molar-refractivity contribution < 1.29 is 0 Å². The first-order valence-corrected chi connectivity index (χ1v) is 15.2.